The zero-order valence-corrected chi connectivity index (χ0v) is 24.2. The molecule has 8 nitrogen and oxygen atoms in total. The van der Waals surface area contributed by atoms with Crippen LogP contribution in [0.5, 0.6) is 5.75 Å². The van der Waals surface area contributed by atoms with Crippen molar-refractivity contribution in [2.24, 2.45) is 0 Å². The second kappa shape index (κ2) is 10.5. The highest BCUT2D eigenvalue weighted by Gasteiger charge is 2.40. The number of carbonyl (C=O) groups is 1. The molecule has 226 valence electrons. The topological polar surface area (TPSA) is 76.0 Å². The van der Waals surface area contributed by atoms with Crippen molar-refractivity contribution >= 4 is 39.9 Å². The van der Waals surface area contributed by atoms with Gasteiger partial charge in [-0.3, -0.25) is 4.79 Å². The molecule has 0 aliphatic carbocycles. The first-order valence-corrected chi connectivity index (χ1v) is 14.1. The molecule has 4 aromatic rings. The maximum Gasteiger partial charge on any atom is 0.417 e. The standard InChI is InChI=1S/C31H32F4N6O2/c1-17-13-41(18(2)12-40(17)16-42)29-22-11-23(31(33,34)35)26(25-21-8-6-5-7-19(21)9-10-24(25)43)27(32)28(22)36-30(37-29)39-14-20(15-39)38(3)4/h5-11,16-18,20,43H,12-15H2,1-4H3/t17-,18+/m1/s1. The van der Waals surface area contributed by atoms with Gasteiger partial charge in [-0.05, 0) is 50.8 Å². The fourth-order valence-corrected chi connectivity index (χ4v) is 6.09. The number of phenols is 1. The number of nitrogens with zero attached hydrogens (tertiary/aromatic N) is 6. The Morgan fingerprint density at radius 3 is 2.35 bits per heavy atom. The van der Waals surface area contributed by atoms with Crippen LogP contribution in [-0.4, -0.2) is 89.7 Å². The summed E-state index contributed by atoms with van der Waals surface area (Å²) < 4.78 is 61.3. The van der Waals surface area contributed by atoms with Gasteiger partial charge in [-0.25, -0.2) is 9.37 Å². The molecule has 3 aromatic carbocycles. The summed E-state index contributed by atoms with van der Waals surface area (Å²) in [6.45, 7) is 5.46. The van der Waals surface area contributed by atoms with Gasteiger partial charge in [0.1, 0.15) is 17.1 Å². The van der Waals surface area contributed by atoms with Crippen LogP contribution >= 0.6 is 0 Å². The molecule has 12 heteroatoms. The van der Waals surface area contributed by atoms with Crippen LogP contribution in [0.4, 0.5) is 29.3 Å². The Kier molecular flexibility index (Phi) is 7.07. The lowest BCUT2D eigenvalue weighted by molar-refractivity contribution is -0.137. The number of piperazine rings is 1. The maximum atomic E-state index is 16.9. The fraction of sp³-hybridized carbons (Fsp3) is 0.387. The number of amides is 1. The van der Waals surface area contributed by atoms with Gasteiger partial charge in [0.25, 0.3) is 0 Å². The molecule has 2 fully saturated rings. The minimum atomic E-state index is -4.96. The van der Waals surface area contributed by atoms with E-state index in [1.54, 1.807) is 35.2 Å². The van der Waals surface area contributed by atoms with E-state index in [1.165, 1.54) is 6.07 Å². The Balaban J connectivity index is 1.65. The molecular weight excluding hydrogens is 564 g/mol. The van der Waals surface area contributed by atoms with Gasteiger partial charge in [-0.1, -0.05) is 30.3 Å². The van der Waals surface area contributed by atoms with E-state index in [4.69, 9.17) is 4.98 Å². The molecule has 0 saturated carbocycles. The molecule has 2 aliphatic heterocycles. The number of halogens is 4. The number of aromatic hydroxyl groups is 1. The third-order valence-corrected chi connectivity index (χ3v) is 8.68. The van der Waals surface area contributed by atoms with Gasteiger partial charge in [-0.15, -0.1) is 0 Å². The van der Waals surface area contributed by atoms with Gasteiger partial charge in [0.15, 0.2) is 5.82 Å². The number of rotatable bonds is 5. The number of likely N-dealkylation sites (N-methyl/N-ethyl adjacent to an activating group) is 1. The van der Waals surface area contributed by atoms with Gasteiger partial charge in [-0.2, -0.15) is 18.2 Å². The summed E-state index contributed by atoms with van der Waals surface area (Å²) in [6.07, 6.45) is -4.21. The quantitative estimate of drug-likeness (QED) is 0.253. The molecular formula is C31H32F4N6O2. The van der Waals surface area contributed by atoms with E-state index in [1.807, 2.05) is 37.7 Å². The molecule has 0 radical (unpaired) electrons. The molecule has 6 rings (SSSR count). The van der Waals surface area contributed by atoms with Crippen LogP contribution in [0.3, 0.4) is 0 Å². The van der Waals surface area contributed by atoms with Gasteiger partial charge >= 0.3 is 6.18 Å². The number of fused-ring (bicyclic) bond motifs is 2. The van der Waals surface area contributed by atoms with E-state index in [0.717, 1.165) is 12.5 Å². The summed E-state index contributed by atoms with van der Waals surface area (Å²) in [7, 11) is 3.90. The average Bonchev–Trinajstić information content (AvgIpc) is 2.93. The maximum absolute atomic E-state index is 16.9. The Morgan fingerprint density at radius 2 is 1.67 bits per heavy atom. The summed E-state index contributed by atoms with van der Waals surface area (Å²) in [5, 5.41) is 11.6. The number of benzene rings is 3. The Labute approximate surface area is 246 Å². The van der Waals surface area contributed by atoms with Crippen molar-refractivity contribution in [1.82, 2.24) is 19.8 Å². The van der Waals surface area contributed by atoms with Crippen LogP contribution in [0.15, 0.2) is 42.5 Å². The number of aromatic nitrogens is 2. The monoisotopic (exact) mass is 596 g/mol. The molecule has 0 unspecified atom stereocenters. The van der Waals surface area contributed by atoms with Gasteiger partial charge in [0, 0.05) is 60.8 Å². The molecule has 1 N–H and O–H groups in total. The lowest BCUT2D eigenvalue weighted by Gasteiger charge is -2.45. The number of hydrogen-bond donors (Lipinski definition) is 1. The van der Waals surface area contributed by atoms with E-state index in [2.05, 4.69) is 9.88 Å². The van der Waals surface area contributed by atoms with Crippen molar-refractivity contribution in [3.05, 3.63) is 53.8 Å². The highest BCUT2D eigenvalue weighted by Crippen LogP contribution is 2.48. The summed E-state index contributed by atoms with van der Waals surface area (Å²) in [4.78, 5) is 28.3. The normalized spacial score (nSPS) is 19.9. The molecule has 2 atom stereocenters. The van der Waals surface area contributed by atoms with E-state index in [-0.39, 0.29) is 51.7 Å². The van der Waals surface area contributed by atoms with Crippen LogP contribution in [0.25, 0.3) is 32.8 Å². The molecule has 1 aromatic heterocycles. The number of alkyl halides is 3. The summed E-state index contributed by atoms with van der Waals surface area (Å²) >= 11 is 0. The van der Waals surface area contributed by atoms with Crippen molar-refractivity contribution in [3.63, 3.8) is 0 Å². The van der Waals surface area contributed by atoms with Crippen LogP contribution in [0.2, 0.25) is 0 Å². The van der Waals surface area contributed by atoms with Gasteiger partial charge < -0.3 is 24.7 Å². The van der Waals surface area contributed by atoms with E-state index in [9.17, 15) is 23.1 Å². The molecule has 43 heavy (non-hydrogen) atoms. The van der Waals surface area contributed by atoms with E-state index in [0.29, 0.717) is 31.6 Å². The first kappa shape index (κ1) is 28.9. The zero-order chi connectivity index (χ0) is 30.8. The van der Waals surface area contributed by atoms with E-state index >= 15 is 4.39 Å². The fourth-order valence-electron chi connectivity index (χ4n) is 6.09. The minimum Gasteiger partial charge on any atom is -0.507 e. The molecule has 0 bridgehead atoms. The van der Waals surface area contributed by atoms with Crippen LogP contribution in [-0.2, 0) is 11.0 Å². The number of hydrogen-bond acceptors (Lipinski definition) is 7. The summed E-state index contributed by atoms with van der Waals surface area (Å²) in [5.74, 6) is -1.26. The highest BCUT2D eigenvalue weighted by molar-refractivity contribution is 6.04. The third kappa shape index (κ3) is 4.87. The highest BCUT2D eigenvalue weighted by atomic mass is 19.4. The second-order valence-electron chi connectivity index (χ2n) is 11.7. The van der Waals surface area contributed by atoms with Crippen molar-refractivity contribution in [2.75, 3.05) is 50.1 Å². The zero-order valence-electron chi connectivity index (χ0n) is 24.2. The Bertz CT molecular complexity index is 1720. The van der Waals surface area contributed by atoms with Crippen molar-refractivity contribution in [1.29, 1.82) is 0 Å². The van der Waals surface area contributed by atoms with Crippen molar-refractivity contribution in [3.8, 4) is 16.9 Å². The molecule has 3 heterocycles. The Morgan fingerprint density at radius 1 is 0.953 bits per heavy atom. The second-order valence-corrected chi connectivity index (χ2v) is 11.7. The SMILES string of the molecule is C[C@@H]1CN(c2nc(N3CC(N(C)C)C3)nc3c(F)c(-c4c(O)ccc5ccccc45)c(C(F)(F)F)cc23)[C@@H](C)CN1C=O. The molecule has 0 spiro atoms. The number of phenolic OH excluding ortho intramolecular Hbond substituents is 1. The van der Waals surface area contributed by atoms with E-state index < -0.39 is 28.9 Å². The summed E-state index contributed by atoms with van der Waals surface area (Å²) in [5.41, 5.74) is -2.50. The average molecular weight is 597 g/mol. The van der Waals surface area contributed by atoms with Crippen LogP contribution in [0.1, 0.15) is 19.4 Å². The lowest BCUT2D eigenvalue weighted by atomic mass is 9.91. The molecule has 2 aliphatic rings. The van der Waals surface area contributed by atoms with Crippen molar-refractivity contribution < 1.29 is 27.5 Å². The van der Waals surface area contributed by atoms with Crippen LogP contribution < -0.4 is 9.80 Å². The minimum absolute atomic E-state index is 0.0830. The van der Waals surface area contributed by atoms with Crippen molar-refractivity contribution in [2.45, 2.75) is 38.1 Å². The third-order valence-electron chi connectivity index (χ3n) is 8.68. The van der Waals surface area contributed by atoms with Crippen LogP contribution in [0, 0.1) is 5.82 Å². The molecule has 1 amide bonds. The smallest absolute Gasteiger partial charge is 0.417 e. The molecule has 2 saturated heterocycles. The summed E-state index contributed by atoms with van der Waals surface area (Å²) in [6, 6.07) is 10.0. The predicted molar refractivity (Wildman–Crippen MR) is 158 cm³/mol. The number of carbonyl (C=O) groups excluding carboxylic acids is 1. The predicted octanol–water partition coefficient (Wildman–Crippen LogP) is 5.12. The first-order valence-electron chi connectivity index (χ1n) is 14.1. The Hall–Kier alpha value is -4.19. The van der Waals surface area contributed by atoms with Gasteiger partial charge in [0.2, 0.25) is 12.4 Å². The first-order chi connectivity index (χ1) is 20.4. The van der Waals surface area contributed by atoms with Gasteiger partial charge in [0.05, 0.1) is 5.56 Å². The lowest BCUT2D eigenvalue weighted by Crippen LogP contribution is -2.58. The largest absolute Gasteiger partial charge is 0.507 e. The number of anilines is 2.